The smallest absolute Gasteiger partial charge is 0.229 e. The maximum atomic E-state index is 12.6. The lowest BCUT2D eigenvalue weighted by molar-refractivity contribution is -0.122. The van der Waals surface area contributed by atoms with Crippen molar-refractivity contribution in [2.75, 3.05) is 16.8 Å². The molecule has 1 aliphatic heterocycles. The van der Waals surface area contributed by atoms with Crippen molar-refractivity contribution in [3.05, 3.63) is 58.6 Å². The van der Waals surface area contributed by atoms with Crippen LogP contribution in [0.4, 0.5) is 11.4 Å². The number of nitrogens with one attached hydrogen (secondary N) is 1. The molecule has 1 N–H and O–H groups in total. The molecule has 0 saturated carbocycles. The van der Waals surface area contributed by atoms with Crippen LogP contribution in [0.15, 0.2) is 42.5 Å². The van der Waals surface area contributed by atoms with Crippen LogP contribution in [-0.4, -0.2) is 18.4 Å². The van der Waals surface area contributed by atoms with Crippen molar-refractivity contribution < 1.29 is 9.59 Å². The van der Waals surface area contributed by atoms with Crippen molar-refractivity contribution in [1.82, 2.24) is 0 Å². The van der Waals surface area contributed by atoms with Gasteiger partial charge in [0.25, 0.3) is 0 Å². The zero-order valence-electron chi connectivity index (χ0n) is 16.0. The molecule has 2 amide bonds. The SMILES string of the molecule is CC[C@H](C)c1ccc(NC(=O)[C@H]2CC(=O)N(c3ccc(C)c(Cl)c3)C2)cc1. The summed E-state index contributed by atoms with van der Waals surface area (Å²) < 4.78 is 0. The number of benzene rings is 2. The summed E-state index contributed by atoms with van der Waals surface area (Å²) in [6, 6.07) is 13.5. The van der Waals surface area contributed by atoms with Gasteiger partial charge in [-0.05, 0) is 54.7 Å². The van der Waals surface area contributed by atoms with E-state index in [1.807, 2.05) is 43.3 Å². The largest absolute Gasteiger partial charge is 0.326 e. The number of carbonyl (C=O) groups is 2. The van der Waals surface area contributed by atoms with E-state index in [0.29, 0.717) is 17.5 Å². The molecule has 0 radical (unpaired) electrons. The first-order valence-electron chi connectivity index (χ1n) is 9.36. The van der Waals surface area contributed by atoms with Gasteiger partial charge in [0.05, 0.1) is 5.92 Å². The average molecular weight is 385 g/mol. The van der Waals surface area contributed by atoms with Crippen LogP contribution in [0.5, 0.6) is 0 Å². The van der Waals surface area contributed by atoms with Crippen molar-refractivity contribution in [1.29, 1.82) is 0 Å². The number of nitrogens with zero attached hydrogens (tertiary/aromatic N) is 1. The summed E-state index contributed by atoms with van der Waals surface area (Å²) in [5, 5.41) is 3.56. The molecule has 4 nitrogen and oxygen atoms in total. The lowest BCUT2D eigenvalue weighted by Crippen LogP contribution is -2.28. The Morgan fingerprint density at radius 2 is 1.96 bits per heavy atom. The third-order valence-corrected chi connectivity index (χ3v) is 5.73. The average Bonchev–Trinajstić information content (AvgIpc) is 3.06. The van der Waals surface area contributed by atoms with Crippen molar-refractivity contribution in [2.24, 2.45) is 5.92 Å². The number of aryl methyl sites for hydroxylation is 1. The van der Waals surface area contributed by atoms with Gasteiger partial charge in [-0.15, -0.1) is 0 Å². The highest BCUT2D eigenvalue weighted by Crippen LogP contribution is 2.29. The van der Waals surface area contributed by atoms with Crippen molar-refractivity contribution in [3.63, 3.8) is 0 Å². The van der Waals surface area contributed by atoms with E-state index >= 15 is 0 Å². The van der Waals surface area contributed by atoms with Gasteiger partial charge in [-0.25, -0.2) is 0 Å². The minimum atomic E-state index is -0.369. The maximum absolute atomic E-state index is 12.6. The summed E-state index contributed by atoms with van der Waals surface area (Å²) in [6.45, 7) is 6.63. The van der Waals surface area contributed by atoms with Gasteiger partial charge in [0.15, 0.2) is 0 Å². The van der Waals surface area contributed by atoms with E-state index in [1.165, 1.54) is 5.56 Å². The van der Waals surface area contributed by atoms with E-state index in [2.05, 4.69) is 19.2 Å². The third-order valence-electron chi connectivity index (χ3n) is 5.32. The number of hydrogen-bond donors (Lipinski definition) is 1. The molecule has 0 aromatic heterocycles. The molecule has 2 atom stereocenters. The molecule has 0 aliphatic carbocycles. The molecular formula is C22H25ClN2O2. The molecule has 0 spiro atoms. The van der Waals surface area contributed by atoms with Crippen LogP contribution in [0.25, 0.3) is 0 Å². The van der Waals surface area contributed by atoms with Crippen LogP contribution in [0.1, 0.15) is 43.7 Å². The first-order chi connectivity index (χ1) is 12.9. The van der Waals surface area contributed by atoms with Gasteiger partial charge in [-0.1, -0.05) is 43.6 Å². The molecule has 0 unspecified atom stereocenters. The fourth-order valence-electron chi connectivity index (χ4n) is 3.26. The molecule has 1 fully saturated rings. The molecule has 27 heavy (non-hydrogen) atoms. The fourth-order valence-corrected chi connectivity index (χ4v) is 3.43. The minimum Gasteiger partial charge on any atom is -0.326 e. The predicted octanol–water partition coefficient (Wildman–Crippen LogP) is 5.15. The highest BCUT2D eigenvalue weighted by molar-refractivity contribution is 6.31. The molecular weight excluding hydrogens is 360 g/mol. The summed E-state index contributed by atoms with van der Waals surface area (Å²) in [6.07, 6.45) is 1.29. The Balaban J connectivity index is 1.66. The van der Waals surface area contributed by atoms with Gasteiger partial charge in [0, 0.05) is 29.4 Å². The zero-order valence-corrected chi connectivity index (χ0v) is 16.7. The fraction of sp³-hybridized carbons (Fsp3) is 0.364. The Morgan fingerprint density at radius 1 is 1.26 bits per heavy atom. The highest BCUT2D eigenvalue weighted by Gasteiger charge is 2.35. The standard InChI is InChI=1S/C22H25ClN2O2/c1-4-14(2)16-6-8-18(9-7-16)24-22(27)17-11-21(26)25(13-17)19-10-5-15(3)20(23)12-19/h5-10,12,14,17H,4,11,13H2,1-3H3,(H,24,27)/t14-,17-/m0/s1. The zero-order chi connectivity index (χ0) is 19.6. The molecule has 1 saturated heterocycles. The Kier molecular flexibility index (Phi) is 5.85. The van der Waals surface area contributed by atoms with E-state index in [9.17, 15) is 9.59 Å². The number of amides is 2. The predicted molar refractivity (Wildman–Crippen MR) is 110 cm³/mol. The topological polar surface area (TPSA) is 49.4 Å². The van der Waals surface area contributed by atoms with Gasteiger partial charge in [-0.2, -0.15) is 0 Å². The second kappa shape index (κ2) is 8.13. The Morgan fingerprint density at radius 3 is 2.59 bits per heavy atom. The monoisotopic (exact) mass is 384 g/mol. The molecule has 3 rings (SSSR count). The molecule has 1 aliphatic rings. The summed E-state index contributed by atoms with van der Waals surface area (Å²) >= 11 is 6.17. The Bertz CT molecular complexity index is 848. The van der Waals surface area contributed by atoms with Crippen LogP contribution in [-0.2, 0) is 9.59 Å². The quantitative estimate of drug-likeness (QED) is 0.774. The molecule has 1 heterocycles. The minimum absolute atomic E-state index is 0.0535. The summed E-state index contributed by atoms with van der Waals surface area (Å²) in [5.41, 5.74) is 3.72. The highest BCUT2D eigenvalue weighted by atomic mass is 35.5. The number of rotatable bonds is 5. The van der Waals surface area contributed by atoms with Crippen LogP contribution >= 0.6 is 11.6 Å². The molecule has 142 valence electrons. The van der Waals surface area contributed by atoms with Gasteiger partial charge in [0.1, 0.15) is 0 Å². The van der Waals surface area contributed by atoms with E-state index in [1.54, 1.807) is 11.0 Å². The Labute approximate surface area is 165 Å². The first kappa shape index (κ1) is 19.4. The summed E-state index contributed by atoms with van der Waals surface area (Å²) in [4.78, 5) is 26.7. The molecule has 2 aromatic rings. The molecule has 0 bridgehead atoms. The number of carbonyl (C=O) groups excluding carboxylic acids is 2. The van der Waals surface area contributed by atoms with Gasteiger partial charge in [0.2, 0.25) is 11.8 Å². The second-order valence-electron chi connectivity index (χ2n) is 7.26. The number of anilines is 2. The van der Waals surface area contributed by atoms with E-state index < -0.39 is 0 Å². The Hall–Kier alpha value is -2.33. The van der Waals surface area contributed by atoms with Gasteiger partial charge < -0.3 is 10.2 Å². The van der Waals surface area contributed by atoms with Crippen LogP contribution in [0, 0.1) is 12.8 Å². The van der Waals surface area contributed by atoms with Crippen LogP contribution < -0.4 is 10.2 Å². The van der Waals surface area contributed by atoms with Gasteiger partial charge in [-0.3, -0.25) is 9.59 Å². The normalized spacial score (nSPS) is 17.9. The number of halogens is 1. The second-order valence-corrected chi connectivity index (χ2v) is 7.67. The third kappa shape index (κ3) is 4.33. The summed E-state index contributed by atoms with van der Waals surface area (Å²) in [7, 11) is 0. The first-order valence-corrected chi connectivity index (χ1v) is 9.74. The van der Waals surface area contributed by atoms with Crippen molar-refractivity contribution in [2.45, 2.75) is 39.5 Å². The van der Waals surface area contributed by atoms with Crippen molar-refractivity contribution >= 4 is 34.8 Å². The van der Waals surface area contributed by atoms with Crippen LogP contribution in [0.2, 0.25) is 5.02 Å². The van der Waals surface area contributed by atoms with Gasteiger partial charge >= 0.3 is 0 Å². The van der Waals surface area contributed by atoms with E-state index in [-0.39, 0.29) is 24.2 Å². The van der Waals surface area contributed by atoms with Crippen molar-refractivity contribution in [3.8, 4) is 0 Å². The lowest BCUT2D eigenvalue weighted by Gasteiger charge is -2.17. The number of hydrogen-bond acceptors (Lipinski definition) is 2. The molecule has 5 heteroatoms. The summed E-state index contributed by atoms with van der Waals surface area (Å²) in [5.74, 6) is -0.0496. The molecule has 2 aromatic carbocycles. The van der Waals surface area contributed by atoms with Crippen LogP contribution in [0.3, 0.4) is 0 Å². The van der Waals surface area contributed by atoms with E-state index in [0.717, 1.165) is 23.4 Å². The van der Waals surface area contributed by atoms with E-state index in [4.69, 9.17) is 11.6 Å². The lowest BCUT2D eigenvalue weighted by atomic mass is 9.98. The maximum Gasteiger partial charge on any atom is 0.229 e.